The fourth-order valence-electron chi connectivity index (χ4n) is 2.87. The summed E-state index contributed by atoms with van der Waals surface area (Å²) in [6.07, 6.45) is 1.70. The van der Waals surface area contributed by atoms with Crippen LogP contribution >= 0.6 is 0 Å². The zero-order chi connectivity index (χ0) is 18.8. The Labute approximate surface area is 147 Å². The molecule has 1 atom stereocenters. The van der Waals surface area contributed by atoms with Crippen molar-refractivity contribution in [2.24, 2.45) is 5.92 Å². The molecule has 1 aliphatic carbocycles. The molecule has 8 heteroatoms. The highest BCUT2D eigenvalue weighted by molar-refractivity contribution is 5.95. The second kappa shape index (κ2) is 7.07. The van der Waals surface area contributed by atoms with Gasteiger partial charge in [0.15, 0.2) is 0 Å². The van der Waals surface area contributed by atoms with Gasteiger partial charge >= 0.3 is 5.97 Å². The Bertz CT molecular complexity index is 868. The van der Waals surface area contributed by atoms with E-state index in [1.807, 2.05) is 0 Å². The predicted molar refractivity (Wildman–Crippen MR) is 89.9 cm³/mol. The molecule has 1 unspecified atom stereocenters. The summed E-state index contributed by atoms with van der Waals surface area (Å²) in [5.41, 5.74) is -0.0268. The molecule has 0 radical (unpaired) electrons. The van der Waals surface area contributed by atoms with E-state index in [-0.39, 0.29) is 22.7 Å². The third-order valence-corrected chi connectivity index (χ3v) is 4.31. The first-order valence-corrected chi connectivity index (χ1v) is 7.99. The first-order chi connectivity index (χ1) is 12.4. The molecule has 1 aliphatic rings. The third kappa shape index (κ3) is 3.63. The van der Waals surface area contributed by atoms with Crippen LogP contribution in [0.5, 0.6) is 0 Å². The highest BCUT2D eigenvalue weighted by atomic mass is 19.1. The van der Waals surface area contributed by atoms with E-state index in [1.165, 1.54) is 18.2 Å². The Morgan fingerprint density at radius 3 is 2.62 bits per heavy atom. The number of nitrogens with one attached hydrogen (secondary N) is 1. The number of methoxy groups -OCH3 is 1. The average molecular weight is 362 g/mol. The third-order valence-electron chi connectivity index (χ3n) is 4.31. The average Bonchev–Trinajstić information content (AvgIpc) is 3.46. The number of carbonyl (C=O) groups excluding carboxylic acids is 1. The van der Waals surface area contributed by atoms with Gasteiger partial charge in [-0.25, -0.2) is 13.6 Å². The number of hydrogen-bond acceptors (Lipinski definition) is 5. The Hall–Kier alpha value is -3.03. The molecular weight excluding hydrogens is 346 g/mol. The van der Waals surface area contributed by atoms with E-state index < -0.39 is 28.6 Å². The number of carbonyl (C=O) groups is 1. The lowest BCUT2D eigenvalue weighted by molar-refractivity contribution is -0.385. The summed E-state index contributed by atoms with van der Waals surface area (Å²) in [5.74, 6) is -1.82. The number of ether oxygens (including phenoxy) is 1. The number of esters is 1. The molecule has 0 aromatic heterocycles. The molecule has 1 N–H and O–H groups in total. The van der Waals surface area contributed by atoms with E-state index in [2.05, 4.69) is 10.1 Å². The number of rotatable bonds is 6. The molecule has 136 valence electrons. The van der Waals surface area contributed by atoms with E-state index in [4.69, 9.17) is 0 Å². The zero-order valence-corrected chi connectivity index (χ0v) is 13.9. The van der Waals surface area contributed by atoms with E-state index >= 15 is 0 Å². The van der Waals surface area contributed by atoms with E-state index in [0.717, 1.165) is 38.2 Å². The van der Waals surface area contributed by atoms with Crippen molar-refractivity contribution in [3.8, 4) is 0 Å². The second-order valence-corrected chi connectivity index (χ2v) is 6.11. The highest BCUT2D eigenvalue weighted by Crippen LogP contribution is 2.44. The lowest BCUT2D eigenvalue weighted by Crippen LogP contribution is -2.16. The molecular formula is C18H16F2N2O4. The van der Waals surface area contributed by atoms with Gasteiger partial charge in [0, 0.05) is 17.3 Å². The minimum Gasteiger partial charge on any atom is -0.465 e. The van der Waals surface area contributed by atoms with Crippen LogP contribution in [0.2, 0.25) is 0 Å². The maximum absolute atomic E-state index is 14.2. The first-order valence-electron chi connectivity index (χ1n) is 7.99. The number of halogens is 2. The Balaban J connectivity index is 1.96. The van der Waals surface area contributed by atoms with Crippen LogP contribution < -0.4 is 5.32 Å². The van der Waals surface area contributed by atoms with Gasteiger partial charge in [-0.1, -0.05) is 0 Å². The van der Waals surface area contributed by atoms with Gasteiger partial charge in [-0.05, 0) is 49.1 Å². The Morgan fingerprint density at radius 1 is 1.27 bits per heavy atom. The minimum atomic E-state index is -0.847. The smallest absolute Gasteiger partial charge is 0.344 e. The van der Waals surface area contributed by atoms with Crippen LogP contribution in [-0.2, 0) is 4.74 Å². The van der Waals surface area contributed by atoms with Crippen molar-refractivity contribution in [2.45, 2.75) is 18.9 Å². The summed E-state index contributed by atoms with van der Waals surface area (Å²) < 4.78 is 32.3. The van der Waals surface area contributed by atoms with Crippen molar-refractivity contribution in [1.29, 1.82) is 0 Å². The van der Waals surface area contributed by atoms with Gasteiger partial charge in [0.05, 0.1) is 18.1 Å². The first kappa shape index (κ1) is 17.8. The van der Waals surface area contributed by atoms with Crippen LogP contribution in [0.25, 0.3) is 0 Å². The molecule has 0 amide bonds. The quantitative estimate of drug-likeness (QED) is 0.473. The second-order valence-electron chi connectivity index (χ2n) is 6.11. The fourth-order valence-corrected chi connectivity index (χ4v) is 2.87. The fraction of sp³-hybridized carbons (Fsp3) is 0.278. The lowest BCUT2D eigenvalue weighted by atomic mass is 10.0. The topological polar surface area (TPSA) is 81.5 Å². The number of nitro groups is 1. The molecule has 0 spiro atoms. The van der Waals surface area contributed by atoms with Crippen LogP contribution in [0.4, 0.5) is 20.2 Å². The highest BCUT2D eigenvalue weighted by Gasteiger charge is 2.34. The van der Waals surface area contributed by atoms with E-state index in [0.29, 0.717) is 5.69 Å². The maximum Gasteiger partial charge on any atom is 0.344 e. The van der Waals surface area contributed by atoms with Crippen LogP contribution in [-0.4, -0.2) is 18.0 Å². The molecule has 6 nitrogen and oxygen atoms in total. The van der Waals surface area contributed by atoms with E-state index in [9.17, 15) is 23.7 Å². The molecule has 2 aromatic rings. The van der Waals surface area contributed by atoms with E-state index in [1.54, 1.807) is 0 Å². The largest absolute Gasteiger partial charge is 0.465 e. The molecule has 3 rings (SSSR count). The minimum absolute atomic E-state index is 0.114. The number of nitro benzene ring substituents is 1. The molecule has 2 aromatic carbocycles. The van der Waals surface area contributed by atoms with Crippen LogP contribution in [0.3, 0.4) is 0 Å². The Kier molecular flexibility index (Phi) is 4.83. The van der Waals surface area contributed by atoms with Crippen molar-refractivity contribution in [2.75, 3.05) is 12.4 Å². The van der Waals surface area contributed by atoms with Crippen molar-refractivity contribution in [1.82, 2.24) is 0 Å². The summed E-state index contributed by atoms with van der Waals surface area (Å²) in [6.45, 7) is 0. The summed E-state index contributed by atoms with van der Waals surface area (Å²) >= 11 is 0. The van der Waals surface area contributed by atoms with Crippen molar-refractivity contribution >= 4 is 17.3 Å². The maximum atomic E-state index is 14.2. The van der Waals surface area contributed by atoms with Crippen LogP contribution in [0, 0.1) is 27.7 Å². The van der Waals surface area contributed by atoms with Crippen molar-refractivity contribution in [3.05, 3.63) is 69.3 Å². The summed E-state index contributed by atoms with van der Waals surface area (Å²) in [4.78, 5) is 22.2. The monoisotopic (exact) mass is 362 g/mol. The van der Waals surface area contributed by atoms with Crippen LogP contribution in [0.1, 0.15) is 34.8 Å². The number of benzene rings is 2. The van der Waals surface area contributed by atoms with Gasteiger partial charge in [0.1, 0.15) is 17.2 Å². The normalized spacial score (nSPS) is 14.6. The standard InChI is InChI=1S/C18H16F2N2O4/c1-26-18(23)14-9-12(5-7-16(14)22(24)25)21-17(10-2-3-10)13-8-11(19)4-6-15(13)20/h4-10,17,21H,2-3H2,1H3. The number of anilines is 1. The number of nitrogens with zero attached hydrogens (tertiary/aromatic N) is 1. The molecule has 0 saturated heterocycles. The lowest BCUT2D eigenvalue weighted by Gasteiger charge is -2.21. The van der Waals surface area contributed by atoms with Gasteiger partial charge < -0.3 is 10.1 Å². The van der Waals surface area contributed by atoms with Gasteiger partial charge in [0.2, 0.25) is 0 Å². The van der Waals surface area contributed by atoms with Gasteiger partial charge in [-0.15, -0.1) is 0 Å². The SMILES string of the molecule is COC(=O)c1cc(NC(c2cc(F)ccc2F)C2CC2)ccc1[N+](=O)[O-]. The number of hydrogen-bond donors (Lipinski definition) is 1. The molecule has 0 heterocycles. The molecule has 1 fully saturated rings. The van der Waals surface area contributed by atoms with Crippen LogP contribution in [0.15, 0.2) is 36.4 Å². The molecule has 0 aliphatic heterocycles. The summed E-state index contributed by atoms with van der Waals surface area (Å²) in [7, 11) is 1.13. The predicted octanol–water partition coefficient (Wildman–Crippen LogP) is 4.22. The molecule has 1 saturated carbocycles. The Morgan fingerprint density at radius 2 is 2.00 bits per heavy atom. The molecule has 0 bridgehead atoms. The van der Waals surface area contributed by atoms with Gasteiger partial charge in [0.25, 0.3) is 5.69 Å². The van der Waals surface area contributed by atoms with Crippen molar-refractivity contribution in [3.63, 3.8) is 0 Å². The van der Waals surface area contributed by atoms with Crippen molar-refractivity contribution < 1.29 is 23.2 Å². The summed E-state index contributed by atoms with van der Waals surface area (Å²) in [6, 6.07) is 6.64. The molecule has 26 heavy (non-hydrogen) atoms. The van der Waals surface area contributed by atoms with Gasteiger partial charge in [-0.3, -0.25) is 10.1 Å². The zero-order valence-electron chi connectivity index (χ0n) is 13.9. The van der Waals surface area contributed by atoms with Gasteiger partial charge in [-0.2, -0.15) is 0 Å². The summed E-state index contributed by atoms with van der Waals surface area (Å²) in [5, 5.41) is 14.2.